The molecular formula is C17H10F5N3O2. The van der Waals surface area contributed by atoms with E-state index in [0.29, 0.717) is 5.56 Å². The predicted molar refractivity (Wildman–Crippen MR) is 82.3 cm³/mol. The number of nitrogens with one attached hydrogen (secondary N) is 1. The second-order valence-corrected chi connectivity index (χ2v) is 5.42. The molecular weight excluding hydrogens is 373 g/mol. The van der Waals surface area contributed by atoms with E-state index < -0.39 is 35.4 Å². The maximum atomic E-state index is 14.2. The SMILES string of the molecule is O=C(NCc1ccc(F)cc1)c1ccc(-c2noc(C(F)(F)F)n2)cc1F. The van der Waals surface area contributed by atoms with Crippen molar-refractivity contribution in [2.24, 2.45) is 0 Å². The van der Waals surface area contributed by atoms with Gasteiger partial charge >= 0.3 is 12.1 Å². The summed E-state index contributed by atoms with van der Waals surface area (Å²) in [5.41, 5.74) is 0.204. The Balaban J connectivity index is 1.73. The number of alkyl halides is 3. The summed E-state index contributed by atoms with van der Waals surface area (Å²) in [6, 6.07) is 8.48. The highest BCUT2D eigenvalue weighted by Gasteiger charge is 2.38. The Morgan fingerprint density at radius 1 is 1.07 bits per heavy atom. The zero-order valence-corrected chi connectivity index (χ0v) is 13.3. The number of benzene rings is 2. The monoisotopic (exact) mass is 383 g/mol. The number of rotatable bonds is 4. The van der Waals surface area contributed by atoms with Gasteiger partial charge in [0, 0.05) is 12.1 Å². The van der Waals surface area contributed by atoms with Gasteiger partial charge in [0.05, 0.1) is 5.56 Å². The smallest absolute Gasteiger partial charge is 0.348 e. The number of nitrogens with zero attached hydrogens (tertiary/aromatic N) is 2. The van der Waals surface area contributed by atoms with Gasteiger partial charge in [-0.05, 0) is 29.8 Å². The van der Waals surface area contributed by atoms with Crippen molar-refractivity contribution < 1.29 is 31.3 Å². The summed E-state index contributed by atoms with van der Waals surface area (Å²) >= 11 is 0. The average Bonchev–Trinajstić information content (AvgIpc) is 3.11. The van der Waals surface area contributed by atoms with Crippen LogP contribution in [-0.4, -0.2) is 16.0 Å². The van der Waals surface area contributed by atoms with Crippen LogP contribution in [0.4, 0.5) is 22.0 Å². The van der Waals surface area contributed by atoms with Gasteiger partial charge in [-0.25, -0.2) is 8.78 Å². The van der Waals surface area contributed by atoms with Crippen molar-refractivity contribution in [3.05, 3.63) is 71.1 Å². The third-order valence-electron chi connectivity index (χ3n) is 3.51. The number of hydrogen-bond donors (Lipinski definition) is 1. The molecule has 2 aromatic carbocycles. The van der Waals surface area contributed by atoms with E-state index in [1.807, 2.05) is 0 Å². The minimum absolute atomic E-state index is 0.0418. The van der Waals surface area contributed by atoms with E-state index in [0.717, 1.165) is 12.1 Å². The number of halogens is 5. The van der Waals surface area contributed by atoms with Crippen LogP contribution in [0.5, 0.6) is 0 Å². The Bertz CT molecular complexity index is 967. The van der Waals surface area contributed by atoms with E-state index in [-0.39, 0.29) is 17.7 Å². The molecule has 10 heteroatoms. The van der Waals surface area contributed by atoms with Gasteiger partial charge in [-0.2, -0.15) is 18.2 Å². The van der Waals surface area contributed by atoms with Crippen molar-refractivity contribution in [2.45, 2.75) is 12.7 Å². The normalized spacial score (nSPS) is 11.4. The molecule has 0 aliphatic rings. The maximum absolute atomic E-state index is 14.2. The highest BCUT2D eigenvalue weighted by atomic mass is 19.4. The Hall–Kier alpha value is -3.30. The summed E-state index contributed by atoms with van der Waals surface area (Å²) in [5.74, 6) is -4.16. The number of aromatic nitrogens is 2. The molecule has 1 amide bonds. The van der Waals surface area contributed by atoms with Gasteiger partial charge in [0.2, 0.25) is 5.82 Å². The molecule has 0 unspecified atom stereocenters. The van der Waals surface area contributed by atoms with Crippen LogP contribution in [0.1, 0.15) is 21.8 Å². The third kappa shape index (κ3) is 4.27. The molecule has 0 saturated carbocycles. The number of carbonyl (C=O) groups excluding carboxylic acids is 1. The van der Waals surface area contributed by atoms with Crippen molar-refractivity contribution in [3.8, 4) is 11.4 Å². The Labute approximate surface area is 148 Å². The molecule has 3 rings (SSSR count). The quantitative estimate of drug-likeness (QED) is 0.693. The average molecular weight is 383 g/mol. The van der Waals surface area contributed by atoms with Gasteiger partial charge in [0.25, 0.3) is 5.91 Å². The Morgan fingerprint density at radius 3 is 2.37 bits per heavy atom. The molecule has 0 fully saturated rings. The summed E-state index contributed by atoms with van der Waals surface area (Å²) < 4.78 is 68.5. The van der Waals surface area contributed by atoms with E-state index in [1.165, 1.54) is 30.3 Å². The Morgan fingerprint density at radius 2 is 1.78 bits per heavy atom. The number of hydrogen-bond acceptors (Lipinski definition) is 4. The van der Waals surface area contributed by atoms with Gasteiger partial charge in [0.1, 0.15) is 11.6 Å². The lowest BCUT2D eigenvalue weighted by Crippen LogP contribution is -2.23. The molecule has 0 radical (unpaired) electrons. The van der Waals surface area contributed by atoms with E-state index in [1.54, 1.807) is 0 Å². The lowest BCUT2D eigenvalue weighted by Gasteiger charge is -2.07. The zero-order valence-electron chi connectivity index (χ0n) is 13.3. The zero-order chi connectivity index (χ0) is 19.6. The molecule has 0 atom stereocenters. The van der Waals surface area contributed by atoms with Gasteiger partial charge < -0.3 is 9.84 Å². The maximum Gasteiger partial charge on any atom is 0.471 e. The third-order valence-corrected chi connectivity index (χ3v) is 3.51. The first kappa shape index (κ1) is 18.5. The van der Waals surface area contributed by atoms with Crippen molar-refractivity contribution in [1.82, 2.24) is 15.5 Å². The second kappa shape index (κ2) is 7.14. The molecule has 3 aromatic rings. The van der Waals surface area contributed by atoms with E-state index >= 15 is 0 Å². The molecule has 1 aromatic heterocycles. The largest absolute Gasteiger partial charge is 0.471 e. The second-order valence-electron chi connectivity index (χ2n) is 5.42. The number of carbonyl (C=O) groups is 1. The molecule has 0 spiro atoms. The highest BCUT2D eigenvalue weighted by Crippen LogP contribution is 2.29. The fraction of sp³-hybridized carbons (Fsp3) is 0.118. The highest BCUT2D eigenvalue weighted by molar-refractivity contribution is 5.94. The summed E-state index contributed by atoms with van der Waals surface area (Å²) in [6.45, 7) is 0.0418. The molecule has 1 heterocycles. The standard InChI is InChI=1S/C17H10F5N3O2/c18-11-4-1-9(2-5-11)8-23-15(26)12-6-3-10(7-13(12)19)14-24-16(27-25-14)17(20,21)22/h1-7H,8H2,(H,23,26). The van der Waals surface area contributed by atoms with Gasteiger partial charge in [-0.3, -0.25) is 4.79 Å². The lowest BCUT2D eigenvalue weighted by molar-refractivity contribution is -0.159. The van der Waals surface area contributed by atoms with Crippen LogP contribution in [0.15, 0.2) is 47.0 Å². The van der Waals surface area contributed by atoms with Crippen molar-refractivity contribution in [3.63, 3.8) is 0 Å². The van der Waals surface area contributed by atoms with E-state index in [9.17, 15) is 26.7 Å². The fourth-order valence-corrected chi connectivity index (χ4v) is 2.17. The summed E-state index contributed by atoms with van der Waals surface area (Å²) in [5, 5.41) is 5.61. The molecule has 0 saturated heterocycles. The van der Waals surface area contributed by atoms with Crippen LogP contribution in [0, 0.1) is 11.6 Å². The van der Waals surface area contributed by atoms with Crippen LogP contribution in [-0.2, 0) is 12.7 Å². The first-order valence-corrected chi connectivity index (χ1v) is 7.47. The molecule has 0 aliphatic heterocycles. The fourth-order valence-electron chi connectivity index (χ4n) is 2.17. The van der Waals surface area contributed by atoms with Gasteiger partial charge in [-0.15, -0.1) is 0 Å². The molecule has 5 nitrogen and oxygen atoms in total. The summed E-state index contributed by atoms with van der Waals surface area (Å²) in [4.78, 5) is 15.2. The molecule has 140 valence electrons. The first-order chi connectivity index (χ1) is 12.7. The van der Waals surface area contributed by atoms with Crippen molar-refractivity contribution in [1.29, 1.82) is 0 Å². The summed E-state index contributed by atoms with van der Waals surface area (Å²) in [6.07, 6.45) is -4.82. The topological polar surface area (TPSA) is 68.0 Å². The Kier molecular flexibility index (Phi) is 4.89. The van der Waals surface area contributed by atoms with E-state index in [2.05, 4.69) is 20.0 Å². The molecule has 27 heavy (non-hydrogen) atoms. The van der Waals surface area contributed by atoms with Crippen LogP contribution in [0.2, 0.25) is 0 Å². The predicted octanol–water partition coefficient (Wildman–Crippen LogP) is 3.96. The van der Waals surface area contributed by atoms with Gasteiger partial charge in [0.15, 0.2) is 0 Å². The minimum Gasteiger partial charge on any atom is -0.348 e. The van der Waals surface area contributed by atoms with Crippen LogP contribution < -0.4 is 5.32 Å². The summed E-state index contributed by atoms with van der Waals surface area (Å²) in [7, 11) is 0. The van der Waals surface area contributed by atoms with Crippen molar-refractivity contribution in [2.75, 3.05) is 0 Å². The van der Waals surface area contributed by atoms with Crippen LogP contribution in [0.25, 0.3) is 11.4 Å². The van der Waals surface area contributed by atoms with Crippen LogP contribution >= 0.6 is 0 Å². The molecule has 1 N–H and O–H groups in total. The first-order valence-electron chi connectivity index (χ1n) is 7.47. The number of amides is 1. The lowest BCUT2D eigenvalue weighted by atomic mass is 10.1. The molecule has 0 aliphatic carbocycles. The van der Waals surface area contributed by atoms with Gasteiger partial charge in [-0.1, -0.05) is 23.4 Å². The molecule has 0 bridgehead atoms. The van der Waals surface area contributed by atoms with Crippen LogP contribution in [0.3, 0.4) is 0 Å². The minimum atomic E-state index is -4.82. The van der Waals surface area contributed by atoms with Crippen molar-refractivity contribution >= 4 is 5.91 Å². The van der Waals surface area contributed by atoms with E-state index in [4.69, 9.17) is 0 Å².